The van der Waals surface area contributed by atoms with Gasteiger partial charge in [-0.2, -0.15) is 0 Å². The van der Waals surface area contributed by atoms with Crippen molar-refractivity contribution in [1.29, 1.82) is 0 Å². The average molecular weight is 354 g/mol. The number of aromatic nitrogens is 2. The summed E-state index contributed by atoms with van der Waals surface area (Å²) in [5.41, 5.74) is 2.41. The van der Waals surface area contributed by atoms with E-state index in [1.165, 1.54) is 0 Å². The Morgan fingerprint density at radius 1 is 1.52 bits per heavy atom. The van der Waals surface area contributed by atoms with E-state index in [0.29, 0.717) is 5.69 Å². The van der Waals surface area contributed by atoms with Crippen molar-refractivity contribution in [2.24, 2.45) is 0 Å². The first-order chi connectivity index (χ1) is 9.93. The van der Waals surface area contributed by atoms with Crippen LogP contribution in [0.4, 0.5) is 0 Å². The second-order valence-electron chi connectivity index (χ2n) is 5.17. The number of hydrogen-bond donors (Lipinski definition) is 1. The molecule has 0 saturated carbocycles. The molecule has 0 saturated heterocycles. The highest BCUT2D eigenvalue weighted by Gasteiger charge is 2.20. The number of nitrogens with one attached hydrogen (secondary N) is 1. The third kappa shape index (κ3) is 3.37. The average Bonchev–Trinajstić information content (AvgIpc) is 2.93. The minimum atomic E-state index is -0.146. The fourth-order valence-corrected chi connectivity index (χ4v) is 3.01. The molecule has 1 amide bonds. The molecule has 0 aromatic carbocycles. The smallest absolute Gasteiger partial charge is 0.268 e. The summed E-state index contributed by atoms with van der Waals surface area (Å²) >= 11 is 3.42. The SMILES string of the molecule is CCCn1cc(Br)cc1C(=O)NC(C)c1c(C)noc1C. The second kappa shape index (κ2) is 6.47. The lowest BCUT2D eigenvalue weighted by molar-refractivity contribution is 0.0930. The van der Waals surface area contributed by atoms with Gasteiger partial charge in [0.1, 0.15) is 11.5 Å². The highest BCUT2D eigenvalue weighted by atomic mass is 79.9. The zero-order chi connectivity index (χ0) is 15.6. The Morgan fingerprint density at radius 3 is 2.81 bits per heavy atom. The fraction of sp³-hybridized carbons (Fsp3) is 0.467. The third-order valence-corrected chi connectivity index (χ3v) is 3.86. The lowest BCUT2D eigenvalue weighted by Crippen LogP contribution is -2.29. The Bertz CT molecular complexity index is 626. The molecule has 1 unspecified atom stereocenters. The first-order valence-electron chi connectivity index (χ1n) is 7.03. The largest absolute Gasteiger partial charge is 0.361 e. The van der Waals surface area contributed by atoms with Crippen LogP contribution < -0.4 is 5.32 Å². The molecular weight excluding hydrogens is 334 g/mol. The summed E-state index contributed by atoms with van der Waals surface area (Å²) in [6.45, 7) is 8.57. The van der Waals surface area contributed by atoms with Crippen LogP contribution in [0.2, 0.25) is 0 Å². The van der Waals surface area contributed by atoms with E-state index < -0.39 is 0 Å². The molecule has 1 N–H and O–H groups in total. The maximum Gasteiger partial charge on any atom is 0.268 e. The molecule has 2 rings (SSSR count). The quantitative estimate of drug-likeness (QED) is 0.890. The van der Waals surface area contributed by atoms with Crippen molar-refractivity contribution in [3.05, 3.63) is 39.4 Å². The first kappa shape index (κ1) is 15.8. The van der Waals surface area contributed by atoms with Gasteiger partial charge < -0.3 is 14.4 Å². The Kier molecular flexibility index (Phi) is 4.88. The summed E-state index contributed by atoms with van der Waals surface area (Å²) in [6.07, 6.45) is 2.90. The molecule has 0 aliphatic rings. The van der Waals surface area contributed by atoms with Gasteiger partial charge in [0.25, 0.3) is 5.91 Å². The molecule has 1 atom stereocenters. The van der Waals surface area contributed by atoms with Crippen molar-refractivity contribution in [3.63, 3.8) is 0 Å². The molecule has 2 aromatic rings. The minimum Gasteiger partial charge on any atom is -0.361 e. The van der Waals surface area contributed by atoms with Gasteiger partial charge in [0, 0.05) is 22.8 Å². The van der Waals surface area contributed by atoms with Crippen molar-refractivity contribution >= 4 is 21.8 Å². The molecule has 0 radical (unpaired) electrons. The van der Waals surface area contributed by atoms with E-state index in [2.05, 4.69) is 33.3 Å². The fourth-order valence-electron chi connectivity index (χ4n) is 2.54. The standard InChI is InChI=1S/C15H20BrN3O2/c1-5-6-19-8-12(16)7-13(19)15(20)17-9(2)14-10(3)18-21-11(14)4/h7-9H,5-6H2,1-4H3,(H,17,20). The molecule has 6 heteroatoms. The first-order valence-corrected chi connectivity index (χ1v) is 7.82. The van der Waals surface area contributed by atoms with E-state index in [1.807, 2.05) is 37.6 Å². The van der Waals surface area contributed by atoms with Crippen LogP contribution in [0.15, 0.2) is 21.3 Å². The van der Waals surface area contributed by atoms with Crippen LogP contribution >= 0.6 is 15.9 Å². The summed E-state index contributed by atoms with van der Waals surface area (Å²) in [4.78, 5) is 12.5. The van der Waals surface area contributed by atoms with Crippen molar-refractivity contribution < 1.29 is 9.32 Å². The molecule has 0 bridgehead atoms. The molecule has 2 aromatic heterocycles. The monoisotopic (exact) mass is 353 g/mol. The molecule has 0 aliphatic heterocycles. The highest BCUT2D eigenvalue weighted by molar-refractivity contribution is 9.10. The Morgan fingerprint density at radius 2 is 2.24 bits per heavy atom. The maximum atomic E-state index is 12.5. The van der Waals surface area contributed by atoms with Gasteiger partial charge in [-0.1, -0.05) is 12.1 Å². The summed E-state index contributed by atoms with van der Waals surface area (Å²) < 4.78 is 8.02. The number of rotatable bonds is 5. The van der Waals surface area contributed by atoms with Crippen LogP contribution in [0.3, 0.4) is 0 Å². The number of aryl methyl sites for hydroxylation is 3. The zero-order valence-electron chi connectivity index (χ0n) is 12.7. The van der Waals surface area contributed by atoms with Crippen LogP contribution in [0.5, 0.6) is 0 Å². The molecule has 2 heterocycles. The number of nitrogens with zero attached hydrogens (tertiary/aromatic N) is 2. The maximum absolute atomic E-state index is 12.5. The van der Waals surface area contributed by atoms with E-state index in [4.69, 9.17) is 4.52 Å². The summed E-state index contributed by atoms with van der Waals surface area (Å²) in [5.74, 6) is 0.645. The summed E-state index contributed by atoms with van der Waals surface area (Å²) in [7, 11) is 0. The van der Waals surface area contributed by atoms with Gasteiger partial charge in [-0.3, -0.25) is 4.79 Å². The van der Waals surface area contributed by atoms with Gasteiger partial charge in [-0.15, -0.1) is 0 Å². The van der Waals surface area contributed by atoms with E-state index in [-0.39, 0.29) is 11.9 Å². The summed E-state index contributed by atoms with van der Waals surface area (Å²) in [6, 6.07) is 1.69. The predicted octanol–water partition coefficient (Wildman–Crippen LogP) is 3.76. The normalized spacial score (nSPS) is 12.4. The van der Waals surface area contributed by atoms with E-state index in [9.17, 15) is 4.79 Å². The molecule has 0 fully saturated rings. The minimum absolute atomic E-state index is 0.0957. The zero-order valence-corrected chi connectivity index (χ0v) is 14.3. The van der Waals surface area contributed by atoms with Gasteiger partial charge in [-0.05, 0) is 49.2 Å². The topological polar surface area (TPSA) is 60.1 Å². The molecule has 114 valence electrons. The van der Waals surface area contributed by atoms with Crippen LogP contribution in [0, 0.1) is 13.8 Å². The summed E-state index contributed by atoms with van der Waals surface area (Å²) in [5, 5.41) is 6.94. The third-order valence-electron chi connectivity index (χ3n) is 3.43. The number of amides is 1. The van der Waals surface area contributed by atoms with Gasteiger partial charge in [0.15, 0.2) is 0 Å². The van der Waals surface area contributed by atoms with Gasteiger partial charge >= 0.3 is 0 Å². The Hall–Kier alpha value is -1.56. The van der Waals surface area contributed by atoms with Crippen LogP contribution in [-0.4, -0.2) is 15.6 Å². The van der Waals surface area contributed by atoms with Gasteiger partial charge in [-0.25, -0.2) is 0 Å². The number of halogens is 1. The van der Waals surface area contributed by atoms with Crippen molar-refractivity contribution in [2.75, 3.05) is 0 Å². The van der Waals surface area contributed by atoms with Gasteiger partial charge in [0.2, 0.25) is 0 Å². The van der Waals surface area contributed by atoms with Crippen LogP contribution in [0.25, 0.3) is 0 Å². The van der Waals surface area contributed by atoms with Crippen LogP contribution in [0.1, 0.15) is 53.8 Å². The van der Waals surface area contributed by atoms with E-state index >= 15 is 0 Å². The Balaban J connectivity index is 2.18. The second-order valence-corrected chi connectivity index (χ2v) is 6.09. The highest BCUT2D eigenvalue weighted by Crippen LogP contribution is 2.22. The van der Waals surface area contributed by atoms with E-state index in [1.54, 1.807) is 0 Å². The predicted molar refractivity (Wildman–Crippen MR) is 84.3 cm³/mol. The molecular formula is C15H20BrN3O2. The molecule has 21 heavy (non-hydrogen) atoms. The van der Waals surface area contributed by atoms with Gasteiger partial charge in [0.05, 0.1) is 11.7 Å². The van der Waals surface area contributed by atoms with Crippen molar-refractivity contribution in [3.8, 4) is 0 Å². The van der Waals surface area contributed by atoms with Crippen molar-refractivity contribution in [1.82, 2.24) is 15.0 Å². The lowest BCUT2D eigenvalue weighted by Gasteiger charge is -2.15. The number of hydrogen-bond acceptors (Lipinski definition) is 3. The van der Waals surface area contributed by atoms with Crippen LogP contribution in [-0.2, 0) is 6.54 Å². The lowest BCUT2D eigenvalue weighted by atomic mass is 10.1. The molecule has 0 spiro atoms. The molecule has 5 nitrogen and oxygen atoms in total. The molecule has 0 aliphatic carbocycles. The number of carbonyl (C=O) groups excluding carboxylic acids is 1. The Labute approximate surface area is 132 Å². The van der Waals surface area contributed by atoms with Crippen molar-refractivity contribution in [2.45, 2.75) is 46.7 Å². The number of carbonyl (C=O) groups is 1. The van der Waals surface area contributed by atoms with E-state index in [0.717, 1.165) is 34.5 Å².